The zero-order chi connectivity index (χ0) is 12.2. The minimum absolute atomic E-state index is 0. The van der Waals surface area contributed by atoms with Crippen LogP contribution < -0.4 is 16.4 Å². The van der Waals surface area contributed by atoms with Crippen molar-refractivity contribution in [2.45, 2.75) is 39.7 Å². The van der Waals surface area contributed by atoms with Gasteiger partial charge in [-0.3, -0.25) is 9.79 Å². The summed E-state index contributed by atoms with van der Waals surface area (Å²) in [5.74, 6) is 0.456. The Morgan fingerprint density at radius 3 is 2.47 bits per heavy atom. The molecule has 17 heavy (non-hydrogen) atoms. The van der Waals surface area contributed by atoms with Crippen LogP contribution in [0, 0.1) is 5.41 Å². The fourth-order valence-electron chi connectivity index (χ4n) is 1.10. The van der Waals surface area contributed by atoms with Crippen LogP contribution in [0.15, 0.2) is 4.99 Å². The Morgan fingerprint density at radius 2 is 2.06 bits per heavy atom. The molecule has 0 bridgehead atoms. The molecule has 6 heteroatoms. The highest BCUT2D eigenvalue weighted by Crippen LogP contribution is 2.19. The van der Waals surface area contributed by atoms with Gasteiger partial charge in [0.05, 0.1) is 12.0 Å². The van der Waals surface area contributed by atoms with Gasteiger partial charge < -0.3 is 16.4 Å². The van der Waals surface area contributed by atoms with E-state index in [1.165, 1.54) is 12.8 Å². The lowest BCUT2D eigenvalue weighted by Crippen LogP contribution is -2.41. The molecular formula is C11H23IN4O. The molecule has 1 saturated carbocycles. The quantitative estimate of drug-likeness (QED) is 0.389. The average Bonchev–Trinajstić information content (AvgIpc) is 2.98. The smallest absolute Gasteiger partial charge is 0.224 e. The van der Waals surface area contributed by atoms with Gasteiger partial charge in [-0.2, -0.15) is 0 Å². The third-order valence-corrected chi connectivity index (χ3v) is 2.56. The Hall–Kier alpha value is -0.530. The number of halogens is 1. The number of rotatable bonds is 5. The third kappa shape index (κ3) is 6.09. The van der Waals surface area contributed by atoms with Gasteiger partial charge in [0.25, 0.3) is 0 Å². The lowest BCUT2D eigenvalue weighted by atomic mass is 9.93. The molecule has 100 valence electrons. The fraction of sp³-hybridized carbons (Fsp3) is 0.818. The van der Waals surface area contributed by atoms with Gasteiger partial charge in [-0.05, 0) is 33.6 Å². The standard InChI is InChI=1S/C11H22N4O.HI/c1-4-13-10(15-8-5-6-8)14-7-11(2,3)9(12)16;/h8H,4-7H2,1-3H3,(H2,12,16)(H2,13,14,15);1H. The van der Waals surface area contributed by atoms with Gasteiger partial charge in [0.1, 0.15) is 0 Å². The first-order chi connectivity index (χ1) is 7.45. The van der Waals surface area contributed by atoms with Crippen molar-refractivity contribution in [3.63, 3.8) is 0 Å². The highest BCUT2D eigenvalue weighted by atomic mass is 127. The van der Waals surface area contributed by atoms with Crippen LogP contribution in [0.1, 0.15) is 33.6 Å². The Bertz CT molecular complexity index is 287. The van der Waals surface area contributed by atoms with Crippen LogP contribution in [0.2, 0.25) is 0 Å². The molecule has 0 heterocycles. The van der Waals surface area contributed by atoms with Gasteiger partial charge in [-0.15, -0.1) is 24.0 Å². The molecule has 1 amide bonds. The molecule has 0 unspecified atom stereocenters. The molecule has 1 rings (SSSR count). The molecule has 1 aliphatic rings. The molecule has 0 aromatic heterocycles. The van der Waals surface area contributed by atoms with Crippen LogP contribution in [0.5, 0.6) is 0 Å². The van der Waals surface area contributed by atoms with Crippen molar-refractivity contribution in [1.29, 1.82) is 0 Å². The number of nitrogens with two attached hydrogens (primary N) is 1. The minimum atomic E-state index is -0.591. The molecule has 0 saturated heterocycles. The number of primary amides is 1. The number of carbonyl (C=O) groups excluding carboxylic acids is 1. The van der Waals surface area contributed by atoms with Crippen LogP contribution in [0.3, 0.4) is 0 Å². The SMILES string of the molecule is CCNC(=NCC(C)(C)C(N)=O)NC1CC1.I. The Kier molecular flexibility index (Phi) is 6.81. The molecule has 0 radical (unpaired) electrons. The van der Waals surface area contributed by atoms with E-state index in [0.29, 0.717) is 12.6 Å². The average molecular weight is 354 g/mol. The fourth-order valence-corrected chi connectivity index (χ4v) is 1.10. The van der Waals surface area contributed by atoms with Gasteiger partial charge in [0, 0.05) is 12.6 Å². The predicted octanol–water partition coefficient (Wildman–Crippen LogP) is 0.833. The van der Waals surface area contributed by atoms with Crippen LogP contribution in [-0.4, -0.2) is 31.0 Å². The van der Waals surface area contributed by atoms with Crippen LogP contribution >= 0.6 is 24.0 Å². The second-order valence-electron chi connectivity index (χ2n) is 4.86. The molecule has 0 aromatic carbocycles. The molecule has 0 spiro atoms. The van der Waals surface area contributed by atoms with Crippen molar-refractivity contribution in [1.82, 2.24) is 10.6 Å². The molecule has 0 aromatic rings. The molecule has 1 fully saturated rings. The van der Waals surface area contributed by atoms with Gasteiger partial charge in [0.15, 0.2) is 5.96 Å². The molecule has 1 aliphatic carbocycles. The van der Waals surface area contributed by atoms with Crippen molar-refractivity contribution in [3.05, 3.63) is 0 Å². The second kappa shape index (κ2) is 7.03. The molecule has 0 aliphatic heterocycles. The van der Waals surface area contributed by atoms with E-state index in [1.54, 1.807) is 13.8 Å². The lowest BCUT2D eigenvalue weighted by molar-refractivity contribution is -0.125. The van der Waals surface area contributed by atoms with Crippen LogP contribution in [-0.2, 0) is 4.79 Å². The number of hydrogen-bond acceptors (Lipinski definition) is 2. The molecule has 4 N–H and O–H groups in total. The summed E-state index contributed by atoms with van der Waals surface area (Å²) in [4.78, 5) is 15.5. The predicted molar refractivity (Wildman–Crippen MR) is 80.5 cm³/mol. The largest absolute Gasteiger partial charge is 0.369 e. The number of carbonyl (C=O) groups is 1. The third-order valence-electron chi connectivity index (χ3n) is 2.56. The van der Waals surface area contributed by atoms with Crippen LogP contribution in [0.4, 0.5) is 0 Å². The number of nitrogens with zero attached hydrogens (tertiary/aromatic N) is 1. The second-order valence-corrected chi connectivity index (χ2v) is 4.86. The summed E-state index contributed by atoms with van der Waals surface area (Å²) < 4.78 is 0. The Balaban J connectivity index is 0.00000256. The number of aliphatic imine (C=N–C) groups is 1. The highest BCUT2D eigenvalue weighted by molar-refractivity contribution is 14.0. The first kappa shape index (κ1) is 16.5. The van der Waals surface area contributed by atoms with Crippen molar-refractivity contribution in [3.8, 4) is 0 Å². The van der Waals surface area contributed by atoms with Crippen molar-refractivity contribution in [2.24, 2.45) is 16.1 Å². The van der Waals surface area contributed by atoms with E-state index in [9.17, 15) is 4.79 Å². The monoisotopic (exact) mass is 354 g/mol. The van der Waals surface area contributed by atoms with Crippen molar-refractivity contribution >= 4 is 35.8 Å². The number of hydrogen-bond donors (Lipinski definition) is 3. The Morgan fingerprint density at radius 1 is 1.47 bits per heavy atom. The number of nitrogens with one attached hydrogen (secondary N) is 2. The van der Waals surface area contributed by atoms with E-state index in [0.717, 1.165) is 12.5 Å². The van der Waals surface area contributed by atoms with E-state index in [2.05, 4.69) is 15.6 Å². The summed E-state index contributed by atoms with van der Waals surface area (Å²) in [6.07, 6.45) is 2.40. The molecule has 5 nitrogen and oxygen atoms in total. The zero-order valence-electron chi connectivity index (χ0n) is 10.7. The zero-order valence-corrected chi connectivity index (χ0v) is 13.1. The number of amides is 1. The Labute approximate surface area is 120 Å². The van der Waals surface area contributed by atoms with Gasteiger partial charge in [-0.25, -0.2) is 0 Å². The topological polar surface area (TPSA) is 79.5 Å². The maximum absolute atomic E-state index is 11.1. The molecular weight excluding hydrogens is 331 g/mol. The van der Waals surface area contributed by atoms with E-state index in [1.807, 2.05) is 6.92 Å². The van der Waals surface area contributed by atoms with Gasteiger partial charge in [-0.1, -0.05) is 0 Å². The first-order valence-electron chi connectivity index (χ1n) is 5.80. The summed E-state index contributed by atoms with van der Waals surface area (Å²) >= 11 is 0. The van der Waals surface area contributed by atoms with Gasteiger partial charge in [0.2, 0.25) is 5.91 Å². The first-order valence-corrected chi connectivity index (χ1v) is 5.80. The lowest BCUT2D eigenvalue weighted by Gasteiger charge is -2.19. The van der Waals surface area contributed by atoms with E-state index >= 15 is 0 Å². The van der Waals surface area contributed by atoms with Crippen molar-refractivity contribution in [2.75, 3.05) is 13.1 Å². The summed E-state index contributed by atoms with van der Waals surface area (Å²) in [6.45, 7) is 6.85. The summed E-state index contributed by atoms with van der Waals surface area (Å²) in [5.41, 5.74) is 4.70. The van der Waals surface area contributed by atoms with E-state index in [4.69, 9.17) is 5.73 Å². The van der Waals surface area contributed by atoms with Crippen LogP contribution in [0.25, 0.3) is 0 Å². The van der Waals surface area contributed by atoms with E-state index < -0.39 is 5.41 Å². The molecule has 0 atom stereocenters. The summed E-state index contributed by atoms with van der Waals surface area (Å²) in [7, 11) is 0. The summed E-state index contributed by atoms with van der Waals surface area (Å²) in [5, 5.41) is 6.44. The van der Waals surface area contributed by atoms with E-state index in [-0.39, 0.29) is 29.9 Å². The number of guanidine groups is 1. The maximum Gasteiger partial charge on any atom is 0.224 e. The highest BCUT2D eigenvalue weighted by Gasteiger charge is 2.26. The maximum atomic E-state index is 11.1. The van der Waals surface area contributed by atoms with Gasteiger partial charge >= 0.3 is 0 Å². The summed E-state index contributed by atoms with van der Waals surface area (Å²) in [6, 6.07) is 0.550. The normalized spacial score (nSPS) is 16.1. The van der Waals surface area contributed by atoms with Crippen molar-refractivity contribution < 1.29 is 4.79 Å². The minimum Gasteiger partial charge on any atom is -0.369 e.